The highest BCUT2D eigenvalue weighted by molar-refractivity contribution is 5.75. The normalized spacial score (nSPS) is 22.6. The summed E-state index contributed by atoms with van der Waals surface area (Å²) in [4.78, 5) is 4.83. The molecule has 0 bridgehead atoms. The highest BCUT2D eigenvalue weighted by Gasteiger charge is 2.37. The number of allylic oxidation sites excluding steroid dienone is 1. The predicted molar refractivity (Wildman–Crippen MR) is 87.1 cm³/mol. The number of benzene rings is 1. The fourth-order valence-corrected chi connectivity index (χ4v) is 3.25. The molecule has 0 aliphatic carbocycles. The van der Waals surface area contributed by atoms with E-state index in [2.05, 4.69) is 56.3 Å². The monoisotopic (exact) mass is 270 g/mol. The van der Waals surface area contributed by atoms with Crippen LogP contribution in [0.3, 0.4) is 0 Å². The summed E-state index contributed by atoms with van der Waals surface area (Å²) in [6.45, 7) is 5.26. The molecular formula is C18H26N2. The van der Waals surface area contributed by atoms with E-state index in [1.807, 2.05) is 6.21 Å². The highest BCUT2D eigenvalue weighted by atomic mass is 14.9. The van der Waals surface area contributed by atoms with Gasteiger partial charge in [0.1, 0.15) is 0 Å². The number of aliphatic imine (C=N–C) groups is 1. The first-order chi connectivity index (χ1) is 9.66. The summed E-state index contributed by atoms with van der Waals surface area (Å²) in [5, 5.41) is 0. The van der Waals surface area contributed by atoms with Gasteiger partial charge in [-0.15, -0.1) is 0 Å². The van der Waals surface area contributed by atoms with E-state index in [4.69, 9.17) is 10.7 Å². The molecule has 1 aromatic carbocycles. The molecule has 0 amide bonds. The largest absolute Gasteiger partial charge is 0.330 e. The van der Waals surface area contributed by atoms with Gasteiger partial charge >= 0.3 is 0 Å². The van der Waals surface area contributed by atoms with Gasteiger partial charge < -0.3 is 5.73 Å². The highest BCUT2D eigenvalue weighted by Crippen LogP contribution is 2.37. The van der Waals surface area contributed by atoms with Crippen LogP contribution in [0.2, 0.25) is 0 Å². The Balaban J connectivity index is 2.21. The van der Waals surface area contributed by atoms with Gasteiger partial charge in [0, 0.05) is 6.21 Å². The Morgan fingerprint density at radius 1 is 1.20 bits per heavy atom. The molecule has 2 unspecified atom stereocenters. The third-order valence-corrected chi connectivity index (χ3v) is 4.07. The molecular weight excluding hydrogens is 244 g/mol. The molecule has 1 aliphatic rings. The summed E-state index contributed by atoms with van der Waals surface area (Å²) in [5.41, 5.74) is 7.19. The third-order valence-electron chi connectivity index (χ3n) is 4.07. The Kier molecular flexibility index (Phi) is 5.13. The van der Waals surface area contributed by atoms with E-state index in [9.17, 15) is 0 Å². The van der Waals surface area contributed by atoms with Gasteiger partial charge in [-0.05, 0) is 49.3 Å². The maximum atomic E-state index is 5.86. The smallest absolute Gasteiger partial charge is 0.0825 e. The molecule has 2 N–H and O–H groups in total. The maximum Gasteiger partial charge on any atom is 0.0825 e. The van der Waals surface area contributed by atoms with Crippen molar-refractivity contribution in [2.75, 3.05) is 6.54 Å². The van der Waals surface area contributed by atoms with Crippen LogP contribution in [0, 0.1) is 11.8 Å². The van der Waals surface area contributed by atoms with E-state index in [0.29, 0.717) is 11.8 Å². The van der Waals surface area contributed by atoms with Crippen molar-refractivity contribution >= 4 is 6.21 Å². The summed E-state index contributed by atoms with van der Waals surface area (Å²) >= 11 is 0. The van der Waals surface area contributed by atoms with E-state index in [1.165, 1.54) is 5.56 Å². The van der Waals surface area contributed by atoms with Gasteiger partial charge in [0.05, 0.1) is 5.54 Å². The van der Waals surface area contributed by atoms with Crippen molar-refractivity contribution in [3.8, 4) is 0 Å². The van der Waals surface area contributed by atoms with Crippen molar-refractivity contribution in [3.05, 3.63) is 48.0 Å². The average molecular weight is 270 g/mol. The number of nitrogens with two attached hydrogens (primary N) is 1. The van der Waals surface area contributed by atoms with Gasteiger partial charge in [-0.25, -0.2) is 0 Å². The molecule has 20 heavy (non-hydrogen) atoms. The van der Waals surface area contributed by atoms with Crippen molar-refractivity contribution < 1.29 is 0 Å². The van der Waals surface area contributed by atoms with Crippen molar-refractivity contribution in [2.24, 2.45) is 22.6 Å². The zero-order valence-corrected chi connectivity index (χ0v) is 12.6. The van der Waals surface area contributed by atoms with Crippen LogP contribution in [0.1, 0.15) is 32.3 Å². The van der Waals surface area contributed by atoms with Crippen molar-refractivity contribution in [1.29, 1.82) is 0 Å². The van der Waals surface area contributed by atoms with Gasteiger partial charge in [-0.3, -0.25) is 4.99 Å². The predicted octanol–water partition coefficient (Wildman–Crippen LogP) is 3.62. The maximum absolute atomic E-state index is 5.86. The lowest BCUT2D eigenvalue weighted by molar-refractivity contribution is 0.274. The van der Waals surface area contributed by atoms with Crippen LogP contribution in [-0.4, -0.2) is 18.3 Å². The zero-order valence-electron chi connectivity index (χ0n) is 12.6. The molecule has 0 saturated heterocycles. The number of hydrogen-bond donors (Lipinski definition) is 1. The minimum atomic E-state index is -0.0522. The Labute approximate surface area is 122 Å². The van der Waals surface area contributed by atoms with Crippen LogP contribution in [0.4, 0.5) is 0 Å². The van der Waals surface area contributed by atoms with Crippen molar-refractivity contribution in [2.45, 2.75) is 38.6 Å². The molecule has 2 rings (SSSR count). The molecule has 2 nitrogen and oxygen atoms in total. The summed E-state index contributed by atoms with van der Waals surface area (Å²) in [6, 6.07) is 10.7. The van der Waals surface area contributed by atoms with E-state index in [1.54, 1.807) is 0 Å². The molecule has 0 saturated carbocycles. The van der Waals surface area contributed by atoms with Gasteiger partial charge in [0.15, 0.2) is 0 Å². The lowest BCUT2D eigenvalue weighted by Gasteiger charge is -2.35. The number of nitrogens with zero attached hydrogens (tertiary/aromatic N) is 1. The minimum Gasteiger partial charge on any atom is -0.330 e. The molecule has 2 heteroatoms. The van der Waals surface area contributed by atoms with Gasteiger partial charge in [0.2, 0.25) is 0 Å². The van der Waals surface area contributed by atoms with Crippen molar-refractivity contribution in [3.63, 3.8) is 0 Å². The summed E-state index contributed by atoms with van der Waals surface area (Å²) in [5.74, 6) is 1.11. The molecule has 1 heterocycles. The lowest BCUT2D eigenvalue weighted by Crippen LogP contribution is -2.37. The molecule has 1 aromatic rings. The van der Waals surface area contributed by atoms with E-state index >= 15 is 0 Å². The Bertz CT molecular complexity index is 448. The SMILES string of the molecule is CC(C)CC1(C(CCN)Cc2ccccc2)C=CC=N1. The fraction of sp³-hybridized carbons (Fsp3) is 0.500. The molecule has 0 fully saturated rings. The minimum absolute atomic E-state index is 0.0522. The second kappa shape index (κ2) is 6.85. The number of rotatable bonds is 7. The van der Waals surface area contributed by atoms with E-state index < -0.39 is 0 Å². The van der Waals surface area contributed by atoms with Crippen LogP contribution in [-0.2, 0) is 6.42 Å². The van der Waals surface area contributed by atoms with Crippen LogP contribution in [0.15, 0.2) is 47.5 Å². The van der Waals surface area contributed by atoms with Gasteiger partial charge in [-0.2, -0.15) is 0 Å². The van der Waals surface area contributed by atoms with E-state index in [0.717, 1.165) is 25.8 Å². The first-order valence-electron chi connectivity index (χ1n) is 7.63. The Morgan fingerprint density at radius 2 is 1.95 bits per heavy atom. The third kappa shape index (κ3) is 3.57. The van der Waals surface area contributed by atoms with Gasteiger partial charge in [0.25, 0.3) is 0 Å². The first-order valence-corrected chi connectivity index (χ1v) is 7.63. The molecule has 2 atom stereocenters. The Morgan fingerprint density at radius 3 is 2.50 bits per heavy atom. The zero-order chi connectivity index (χ0) is 14.4. The first kappa shape index (κ1) is 15.0. The van der Waals surface area contributed by atoms with Crippen LogP contribution in [0.25, 0.3) is 0 Å². The van der Waals surface area contributed by atoms with Gasteiger partial charge in [-0.1, -0.05) is 50.3 Å². The average Bonchev–Trinajstić information content (AvgIpc) is 2.88. The lowest BCUT2D eigenvalue weighted by atomic mass is 9.74. The molecule has 0 radical (unpaired) electrons. The topological polar surface area (TPSA) is 38.4 Å². The molecule has 108 valence electrons. The van der Waals surface area contributed by atoms with Crippen LogP contribution < -0.4 is 5.73 Å². The second-order valence-corrected chi connectivity index (χ2v) is 6.19. The summed E-state index contributed by atoms with van der Waals surface area (Å²) in [7, 11) is 0. The quantitative estimate of drug-likeness (QED) is 0.807. The molecule has 0 spiro atoms. The van der Waals surface area contributed by atoms with E-state index in [-0.39, 0.29) is 5.54 Å². The summed E-state index contributed by atoms with van der Waals surface area (Å²) < 4.78 is 0. The van der Waals surface area contributed by atoms with Crippen LogP contribution >= 0.6 is 0 Å². The molecule has 1 aliphatic heterocycles. The molecule has 0 aromatic heterocycles. The Hall–Kier alpha value is -1.41. The number of hydrogen-bond acceptors (Lipinski definition) is 2. The fourth-order valence-electron chi connectivity index (χ4n) is 3.25. The standard InChI is InChI=1S/C18H26N2/c1-15(2)14-18(10-6-12-20-18)17(9-11-19)13-16-7-4-3-5-8-16/h3-8,10,12,15,17H,9,11,13-14,19H2,1-2H3. The second-order valence-electron chi connectivity index (χ2n) is 6.19. The summed E-state index contributed by atoms with van der Waals surface area (Å²) in [6.07, 6.45) is 9.50. The van der Waals surface area contributed by atoms with Crippen LogP contribution in [0.5, 0.6) is 0 Å². The van der Waals surface area contributed by atoms with Crippen molar-refractivity contribution in [1.82, 2.24) is 0 Å².